The highest BCUT2D eigenvalue weighted by Gasteiger charge is 2.33. The first-order valence-corrected chi connectivity index (χ1v) is 9.51. The van der Waals surface area contributed by atoms with Crippen molar-refractivity contribution in [1.29, 1.82) is 0 Å². The number of carbonyl (C=O) groups is 2. The van der Waals surface area contributed by atoms with Crippen LogP contribution in [0.1, 0.15) is 31.7 Å². The van der Waals surface area contributed by atoms with E-state index in [0.717, 1.165) is 30.7 Å². The van der Waals surface area contributed by atoms with Gasteiger partial charge in [0.2, 0.25) is 11.8 Å². The molecule has 1 aliphatic heterocycles. The van der Waals surface area contributed by atoms with Crippen LogP contribution >= 0.6 is 0 Å². The van der Waals surface area contributed by atoms with Crippen LogP contribution in [0.4, 0.5) is 5.69 Å². The molecule has 5 nitrogen and oxygen atoms in total. The fraction of sp³-hybridized carbons (Fsp3) is 0.364. The predicted octanol–water partition coefficient (Wildman–Crippen LogP) is 3.85. The molecule has 0 radical (unpaired) electrons. The Morgan fingerprint density at radius 1 is 1.15 bits per heavy atom. The number of rotatable bonds is 8. The Labute approximate surface area is 160 Å². The number of hydrogen-bond acceptors (Lipinski definition) is 3. The minimum Gasteiger partial charge on any atom is -0.489 e. The van der Waals surface area contributed by atoms with E-state index in [4.69, 9.17) is 4.74 Å². The summed E-state index contributed by atoms with van der Waals surface area (Å²) < 4.78 is 5.75. The summed E-state index contributed by atoms with van der Waals surface area (Å²) in [7, 11) is 0. The molecule has 1 N–H and O–H groups in total. The quantitative estimate of drug-likeness (QED) is 0.772. The molecule has 2 aromatic rings. The Hall–Kier alpha value is -2.82. The van der Waals surface area contributed by atoms with Gasteiger partial charge in [0.05, 0.1) is 5.92 Å². The average molecular weight is 366 g/mol. The third-order valence-corrected chi connectivity index (χ3v) is 4.74. The summed E-state index contributed by atoms with van der Waals surface area (Å²) in [6, 6.07) is 17.3. The Kier molecular flexibility index (Phi) is 6.47. The van der Waals surface area contributed by atoms with Crippen LogP contribution in [0.25, 0.3) is 0 Å². The number of benzene rings is 2. The Bertz CT molecular complexity index is 759. The zero-order valence-corrected chi connectivity index (χ0v) is 15.7. The summed E-state index contributed by atoms with van der Waals surface area (Å²) in [5, 5.41) is 2.91. The highest BCUT2D eigenvalue weighted by atomic mass is 16.5. The average Bonchev–Trinajstić information content (AvgIpc) is 3.07. The normalized spacial score (nSPS) is 16.4. The molecule has 2 aromatic carbocycles. The number of anilines is 1. The molecule has 0 spiro atoms. The summed E-state index contributed by atoms with van der Waals surface area (Å²) in [4.78, 5) is 26.3. The van der Waals surface area contributed by atoms with Gasteiger partial charge in [-0.05, 0) is 36.2 Å². The molecule has 1 saturated heterocycles. The zero-order chi connectivity index (χ0) is 19.1. The third-order valence-electron chi connectivity index (χ3n) is 4.74. The van der Waals surface area contributed by atoms with Crippen molar-refractivity contribution in [1.82, 2.24) is 4.90 Å². The van der Waals surface area contributed by atoms with E-state index in [2.05, 4.69) is 12.2 Å². The van der Waals surface area contributed by atoms with Crippen molar-refractivity contribution in [2.45, 2.75) is 32.8 Å². The largest absolute Gasteiger partial charge is 0.489 e. The lowest BCUT2D eigenvalue weighted by atomic mass is 10.1. The van der Waals surface area contributed by atoms with Gasteiger partial charge in [-0.25, -0.2) is 0 Å². The summed E-state index contributed by atoms with van der Waals surface area (Å²) in [6.07, 6.45) is 2.32. The van der Waals surface area contributed by atoms with Crippen LogP contribution in [0, 0.1) is 5.92 Å². The van der Waals surface area contributed by atoms with E-state index in [1.807, 2.05) is 54.6 Å². The van der Waals surface area contributed by atoms with Crippen molar-refractivity contribution < 1.29 is 14.3 Å². The molecule has 0 aliphatic carbocycles. The van der Waals surface area contributed by atoms with Crippen molar-refractivity contribution in [2.75, 3.05) is 18.4 Å². The summed E-state index contributed by atoms with van der Waals surface area (Å²) in [5.41, 5.74) is 1.82. The van der Waals surface area contributed by atoms with Crippen molar-refractivity contribution in [2.24, 2.45) is 5.92 Å². The molecule has 1 atom stereocenters. The van der Waals surface area contributed by atoms with Crippen LogP contribution in [-0.4, -0.2) is 29.8 Å². The molecule has 0 unspecified atom stereocenters. The van der Waals surface area contributed by atoms with Gasteiger partial charge in [0.25, 0.3) is 0 Å². The minimum atomic E-state index is -0.275. The van der Waals surface area contributed by atoms with Gasteiger partial charge >= 0.3 is 0 Å². The number of likely N-dealkylation sites (tertiary alicyclic amines) is 1. The number of ether oxygens (including phenoxy) is 1. The Balaban J connectivity index is 1.49. The standard InChI is InChI=1S/C22H26N2O3/c1-2-3-13-24-15-18(14-21(24)25)22(26)23-19-9-11-20(12-10-19)27-16-17-7-5-4-6-8-17/h4-12,18H,2-3,13-16H2,1H3,(H,23,26)/t18-/m1/s1. The molecule has 1 aliphatic rings. The van der Waals surface area contributed by atoms with Crippen LogP contribution < -0.4 is 10.1 Å². The second-order valence-corrected chi connectivity index (χ2v) is 6.88. The van der Waals surface area contributed by atoms with Crippen LogP contribution in [0.5, 0.6) is 5.75 Å². The van der Waals surface area contributed by atoms with Crippen LogP contribution in [0.2, 0.25) is 0 Å². The first-order chi connectivity index (χ1) is 13.2. The van der Waals surface area contributed by atoms with Gasteiger partial charge in [-0.1, -0.05) is 43.7 Å². The molecule has 1 heterocycles. The first-order valence-electron chi connectivity index (χ1n) is 9.51. The lowest BCUT2D eigenvalue weighted by molar-refractivity contribution is -0.128. The summed E-state index contributed by atoms with van der Waals surface area (Å²) in [6.45, 7) is 3.86. The highest BCUT2D eigenvalue weighted by molar-refractivity contribution is 5.97. The lowest BCUT2D eigenvalue weighted by Crippen LogP contribution is -2.29. The van der Waals surface area contributed by atoms with E-state index in [1.165, 1.54) is 0 Å². The topological polar surface area (TPSA) is 58.6 Å². The summed E-state index contributed by atoms with van der Waals surface area (Å²) in [5.74, 6) is 0.454. The number of nitrogens with zero attached hydrogens (tertiary/aromatic N) is 1. The maximum Gasteiger partial charge on any atom is 0.229 e. The van der Waals surface area contributed by atoms with Gasteiger partial charge in [-0.3, -0.25) is 9.59 Å². The van der Waals surface area contributed by atoms with Gasteiger partial charge < -0.3 is 15.0 Å². The zero-order valence-electron chi connectivity index (χ0n) is 15.7. The maximum atomic E-state index is 12.5. The van der Waals surface area contributed by atoms with E-state index in [1.54, 1.807) is 4.90 Å². The van der Waals surface area contributed by atoms with Gasteiger partial charge in [-0.15, -0.1) is 0 Å². The molecule has 142 valence electrons. The van der Waals surface area contributed by atoms with E-state index in [9.17, 15) is 9.59 Å². The number of nitrogens with one attached hydrogen (secondary N) is 1. The number of hydrogen-bond donors (Lipinski definition) is 1. The smallest absolute Gasteiger partial charge is 0.229 e. The molecular weight excluding hydrogens is 340 g/mol. The monoisotopic (exact) mass is 366 g/mol. The van der Waals surface area contributed by atoms with Gasteiger partial charge in [0.1, 0.15) is 12.4 Å². The number of carbonyl (C=O) groups excluding carboxylic acids is 2. The van der Waals surface area contributed by atoms with Gasteiger partial charge in [0, 0.05) is 25.2 Å². The SMILES string of the molecule is CCCCN1C[C@H](C(=O)Nc2ccc(OCc3ccccc3)cc2)CC1=O. The van der Waals surface area contributed by atoms with E-state index in [-0.39, 0.29) is 17.7 Å². The van der Waals surface area contributed by atoms with Gasteiger partial charge in [0.15, 0.2) is 0 Å². The first kappa shape index (κ1) is 19.0. The van der Waals surface area contributed by atoms with Crippen LogP contribution in [0.3, 0.4) is 0 Å². The predicted molar refractivity (Wildman–Crippen MR) is 105 cm³/mol. The van der Waals surface area contributed by atoms with Crippen LogP contribution in [-0.2, 0) is 16.2 Å². The Morgan fingerprint density at radius 2 is 1.89 bits per heavy atom. The second-order valence-electron chi connectivity index (χ2n) is 6.88. The molecule has 0 saturated carbocycles. The molecule has 1 fully saturated rings. The molecule has 2 amide bonds. The van der Waals surface area contributed by atoms with Crippen molar-refractivity contribution >= 4 is 17.5 Å². The lowest BCUT2D eigenvalue weighted by Gasteiger charge is -2.16. The van der Waals surface area contributed by atoms with Crippen molar-refractivity contribution in [3.8, 4) is 5.75 Å². The highest BCUT2D eigenvalue weighted by Crippen LogP contribution is 2.22. The molecule has 3 rings (SSSR count). The molecular formula is C22H26N2O3. The van der Waals surface area contributed by atoms with Crippen LogP contribution in [0.15, 0.2) is 54.6 Å². The number of unbranched alkanes of at least 4 members (excludes halogenated alkanes) is 1. The second kappa shape index (κ2) is 9.21. The molecule has 5 heteroatoms. The summed E-state index contributed by atoms with van der Waals surface area (Å²) >= 11 is 0. The minimum absolute atomic E-state index is 0.0771. The molecule has 27 heavy (non-hydrogen) atoms. The van der Waals surface area contributed by atoms with E-state index >= 15 is 0 Å². The maximum absolute atomic E-state index is 12.5. The van der Waals surface area contributed by atoms with Crippen molar-refractivity contribution in [3.05, 3.63) is 60.2 Å². The van der Waals surface area contributed by atoms with Crippen molar-refractivity contribution in [3.63, 3.8) is 0 Å². The molecule has 0 bridgehead atoms. The molecule has 0 aromatic heterocycles. The third kappa shape index (κ3) is 5.33. The fourth-order valence-electron chi connectivity index (χ4n) is 3.13. The Morgan fingerprint density at radius 3 is 2.59 bits per heavy atom. The van der Waals surface area contributed by atoms with E-state index in [0.29, 0.717) is 25.3 Å². The van der Waals surface area contributed by atoms with Gasteiger partial charge in [-0.2, -0.15) is 0 Å². The fourth-order valence-corrected chi connectivity index (χ4v) is 3.13. The number of amides is 2. The van der Waals surface area contributed by atoms with E-state index < -0.39 is 0 Å².